The summed E-state index contributed by atoms with van der Waals surface area (Å²) in [6.45, 7) is 10.7. The van der Waals surface area contributed by atoms with Crippen molar-refractivity contribution in [1.29, 1.82) is 5.26 Å². The number of carbonyl (C=O) groups excluding carboxylic acids is 1. The van der Waals surface area contributed by atoms with Gasteiger partial charge in [-0.25, -0.2) is 4.79 Å². The van der Waals surface area contributed by atoms with Gasteiger partial charge in [0.1, 0.15) is 5.60 Å². The number of amides is 1. The fourth-order valence-corrected chi connectivity index (χ4v) is 9.04. The predicted molar refractivity (Wildman–Crippen MR) is 228 cm³/mol. The number of aromatic amines is 1. The van der Waals surface area contributed by atoms with Gasteiger partial charge in [-0.15, -0.1) is 0 Å². The number of hydrogen-bond acceptors (Lipinski definition) is 6. The molecule has 0 aliphatic carbocycles. The highest BCUT2D eigenvalue weighted by atomic mass is 35.5. The van der Waals surface area contributed by atoms with E-state index in [4.69, 9.17) is 39.5 Å². The van der Waals surface area contributed by atoms with E-state index in [2.05, 4.69) is 81.8 Å². The molecule has 0 radical (unpaired) electrons. The third-order valence-electron chi connectivity index (χ3n) is 10.7. The number of allylic oxidation sites excluding steroid dienone is 2. The predicted octanol–water partition coefficient (Wildman–Crippen LogP) is 11.5. The molecule has 0 spiro atoms. The second-order valence-corrected chi connectivity index (χ2v) is 17.0. The van der Waals surface area contributed by atoms with Crippen LogP contribution in [0.4, 0.5) is 16.2 Å². The highest BCUT2D eigenvalue weighted by Crippen LogP contribution is 2.53. The Balaban J connectivity index is 1.24. The van der Waals surface area contributed by atoms with Gasteiger partial charge in [0.2, 0.25) is 0 Å². The first-order valence-corrected chi connectivity index (χ1v) is 20.1. The molecule has 1 amide bonds. The molecule has 5 aromatic rings. The number of ether oxygens (including phenoxy) is 1. The summed E-state index contributed by atoms with van der Waals surface area (Å²) in [7, 11) is 0. The molecular weight excluding hydrogens is 763 g/mol. The number of anilines is 2. The van der Waals surface area contributed by atoms with Gasteiger partial charge in [-0.3, -0.25) is 0 Å². The molecule has 11 heteroatoms. The van der Waals surface area contributed by atoms with Crippen molar-refractivity contribution < 1.29 is 9.53 Å². The maximum Gasteiger partial charge on any atom is 0.410 e. The minimum Gasteiger partial charge on any atom is -0.444 e. The van der Waals surface area contributed by atoms with Gasteiger partial charge in [-0.2, -0.15) is 5.26 Å². The van der Waals surface area contributed by atoms with E-state index in [1.807, 2.05) is 57.2 Å². The second kappa shape index (κ2) is 15.1. The highest BCUT2D eigenvalue weighted by Gasteiger charge is 2.39. The fourth-order valence-electron chi connectivity index (χ4n) is 8.31. The number of hydrogen-bond donors (Lipinski definition) is 2. The Bertz CT molecular complexity index is 2440. The Morgan fingerprint density at radius 3 is 2.43 bits per heavy atom. The van der Waals surface area contributed by atoms with Crippen molar-refractivity contribution in [3.05, 3.63) is 140 Å². The zero-order chi connectivity index (χ0) is 39.3. The van der Waals surface area contributed by atoms with Gasteiger partial charge in [0.15, 0.2) is 0 Å². The molecular formula is C45H43Cl3N6O2. The van der Waals surface area contributed by atoms with Crippen LogP contribution in [0.3, 0.4) is 0 Å². The number of carbonyl (C=O) groups is 1. The van der Waals surface area contributed by atoms with Gasteiger partial charge < -0.3 is 29.7 Å². The van der Waals surface area contributed by atoms with Gasteiger partial charge >= 0.3 is 6.09 Å². The van der Waals surface area contributed by atoms with Crippen molar-refractivity contribution in [3.63, 3.8) is 0 Å². The van der Waals surface area contributed by atoms with Crippen LogP contribution < -0.4 is 10.2 Å². The van der Waals surface area contributed by atoms with Crippen molar-refractivity contribution >= 4 is 74.4 Å². The van der Waals surface area contributed by atoms with Crippen LogP contribution >= 0.6 is 34.8 Å². The largest absolute Gasteiger partial charge is 0.444 e. The van der Waals surface area contributed by atoms with E-state index in [9.17, 15) is 10.1 Å². The molecule has 1 fully saturated rings. The van der Waals surface area contributed by atoms with Crippen molar-refractivity contribution in [2.24, 2.45) is 5.92 Å². The average molecular weight is 806 g/mol. The monoisotopic (exact) mass is 804 g/mol. The molecule has 8 rings (SSSR count). The molecule has 56 heavy (non-hydrogen) atoms. The summed E-state index contributed by atoms with van der Waals surface area (Å²) < 4.78 is 5.64. The number of rotatable bonds is 6. The minimum atomic E-state index is -0.559. The number of piperazine rings is 1. The van der Waals surface area contributed by atoms with Crippen LogP contribution in [-0.4, -0.2) is 52.7 Å². The summed E-state index contributed by atoms with van der Waals surface area (Å²) in [6, 6.07) is 28.2. The average Bonchev–Trinajstić information content (AvgIpc) is 3.43. The standard InChI is InChI=1S/C45H43Cl3N6O2/c1-27-9-8-16-54-42(32-14-13-30(46)23-34(32)48)33-22-31(47)24-36-40(33)41(43(54)39(27)29-10-6-5-7-11-29)37(51-36)26-50-35-21-28(25-49)12-15-38(35)52-17-19-53(20-18-52)44(55)56-45(2,3)4/h5-8,10-16,21-24,27,42,50-51H,9,17-20,26H2,1-4H3. The van der Waals surface area contributed by atoms with E-state index in [-0.39, 0.29) is 18.1 Å². The number of aromatic nitrogens is 1. The Hall–Kier alpha value is -5.07. The van der Waals surface area contributed by atoms with Crippen LogP contribution in [-0.2, 0) is 11.3 Å². The lowest BCUT2D eigenvalue weighted by Crippen LogP contribution is -2.50. The van der Waals surface area contributed by atoms with E-state index in [0.29, 0.717) is 53.4 Å². The molecule has 1 saturated heterocycles. The smallest absolute Gasteiger partial charge is 0.410 e. The van der Waals surface area contributed by atoms with E-state index >= 15 is 0 Å². The molecule has 286 valence electrons. The first-order chi connectivity index (χ1) is 26.9. The van der Waals surface area contributed by atoms with Gasteiger partial charge in [-0.1, -0.05) is 84.2 Å². The van der Waals surface area contributed by atoms with Crippen molar-refractivity contribution in [3.8, 4) is 6.07 Å². The first-order valence-electron chi connectivity index (χ1n) is 18.9. The zero-order valence-corrected chi connectivity index (χ0v) is 34.1. The van der Waals surface area contributed by atoms with Gasteiger partial charge in [0.05, 0.1) is 41.3 Å². The van der Waals surface area contributed by atoms with Crippen molar-refractivity contribution in [2.75, 3.05) is 36.4 Å². The molecule has 4 aromatic carbocycles. The molecule has 2 N–H and O–H groups in total. The van der Waals surface area contributed by atoms with E-state index < -0.39 is 5.60 Å². The number of halogens is 3. The summed E-state index contributed by atoms with van der Waals surface area (Å²) in [5.41, 5.74) is 10.3. The van der Waals surface area contributed by atoms with Crippen LogP contribution in [0, 0.1) is 17.2 Å². The number of nitrogens with one attached hydrogen (secondary N) is 2. The molecule has 2 atom stereocenters. The van der Waals surface area contributed by atoms with Gasteiger partial charge in [-0.05, 0) is 97.8 Å². The number of benzene rings is 4. The molecule has 0 bridgehead atoms. The third kappa shape index (κ3) is 7.20. The Morgan fingerprint density at radius 2 is 1.71 bits per heavy atom. The zero-order valence-electron chi connectivity index (χ0n) is 31.8. The quantitative estimate of drug-likeness (QED) is 0.178. The van der Waals surface area contributed by atoms with Crippen molar-refractivity contribution in [2.45, 2.75) is 52.3 Å². The van der Waals surface area contributed by atoms with Crippen LogP contribution in [0.15, 0.2) is 91.1 Å². The maximum absolute atomic E-state index is 12.8. The SMILES string of the molecule is CC1CC=CN2C(=C1c1ccccc1)c1c(CNc3cc(C#N)ccc3N3CCN(C(=O)OC(C)(C)C)CC3)[nH]c3cc(Cl)cc(c13)C2c1ccc(Cl)cc1Cl. The van der Waals surface area contributed by atoms with Crippen LogP contribution in [0.25, 0.3) is 22.2 Å². The summed E-state index contributed by atoms with van der Waals surface area (Å²) in [5, 5.41) is 16.6. The molecule has 4 heterocycles. The first kappa shape index (κ1) is 37.8. The van der Waals surface area contributed by atoms with E-state index in [1.54, 1.807) is 11.0 Å². The summed E-state index contributed by atoms with van der Waals surface area (Å²) in [6.07, 6.45) is 5.00. The molecule has 3 aliphatic rings. The Labute approximate surface area is 342 Å². The minimum absolute atomic E-state index is 0.202. The molecule has 0 saturated carbocycles. The van der Waals surface area contributed by atoms with Crippen LogP contribution in [0.2, 0.25) is 15.1 Å². The second-order valence-electron chi connectivity index (χ2n) is 15.7. The normalized spacial score (nSPS) is 18.1. The number of nitrogens with zero attached hydrogens (tertiary/aromatic N) is 4. The Morgan fingerprint density at radius 1 is 0.946 bits per heavy atom. The molecule has 1 aromatic heterocycles. The summed E-state index contributed by atoms with van der Waals surface area (Å²) in [5.74, 6) is 0.202. The molecule has 8 nitrogen and oxygen atoms in total. The van der Waals surface area contributed by atoms with Crippen LogP contribution in [0.5, 0.6) is 0 Å². The lowest BCUT2D eigenvalue weighted by molar-refractivity contribution is 0.0240. The van der Waals surface area contributed by atoms with Gasteiger partial charge in [0, 0.05) is 69.6 Å². The summed E-state index contributed by atoms with van der Waals surface area (Å²) in [4.78, 5) is 23.0. The van der Waals surface area contributed by atoms with Gasteiger partial charge in [0.25, 0.3) is 0 Å². The van der Waals surface area contributed by atoms with Crippen LogP contribution in [0.1, 0.15) is 73.7 Å². The number of H-pyrrole nitrogens is 1. The highest BCUT2D eigenvalue weighted by molar-refractivity contribution is 6.35. The third-order valence-corrected chi connectivity index (χ3v) is 11.5. The molecule has 3 aliphatic heterocycles. The fraction of sp³-hybridized carbons (Fsp3) is 0.289. The van der Waals surface area contributed by atoms with Crippen molar-refractivity contribution in [1.82, 2.24) is 14.8 Å². The van der Waals surface area contributed by atoms with E-state index in [1.165, 1.54) is 5.57 Å². The molecule has 2 unspecified atom stereocenters. The number of nitriles is 1. The lowest BCUT2D eigenvalue weighted by Gasteiger charge is -2.40. The maximum atomic E-state index is 12.8. The van der Waals surface area contributed by atoms with E-state index in [0.717, 1.165) is 62.3 Å². The topological polar surface area (TPSA) is 87.6 Å². The number of fused-ring (bicyclic) bond motifs is 2. The summed E-state index contributed by atoms with van der Waals surface area (Å²) >= 11 is 20.4. The Kier molecular flexibility index (Phi) is 10.2. The lowest BCUT2D eigenvalue weighted by atomic mass is 9.82.